The van der Waals surface area contributed by atoms with E-state index in [0.717, 1.165) is 16.5 Å². The van der Waals surface area contributed by atoms with Gasteiger partial charge in [-0.05, 0) is 11.5 Å². The molecule has 0 heterocycles. The predicted octanol–water partition coefficient (Wildman–Crippen LogP) is 2.74. The lowest BCUT2D eigenvalue weighted by Gasteiger charge is -2.09. The highest BCUT2D eigenvalue weighted by atomic mass is 16.5. The zero-order valence-corrected chi connectivity index (χ0v) is 10.5. The standard InChI is InChI=1S/C15H17NO2/c1-2-15(17)16-10-11-18-14-9-5-7-12-6-3-4-8-13(12)14/h3-9H,2,10-11H2,1H3,(H,16,17). The highest BCUT2D eigenvalue weighted by Gasteiger charge is 2.01. The Morgan fingerprint density at radius 2 is 1.94 bits per heavy atom. The minimum Gasteiger partial charge on any atom is -0.491 e. The van der Waals surface area contributed by atoms with Crippen LogP contribution in [0.15, 0.2) is 42.5 Å². The summed E-state index contributed by atoms with van der Waals surface area (Å²) in [5.74, 6) is 0.912. The fourth-order valence-corrected chi connectivity index (χ4v) is 1.80. The summed E-state index contributed by atoms with van der Waals surface area (Å²) in [6.45, 7) is 2.86. The van der Waals surface area contributed by atoms with E-state index in [1.54, 1.807) is 0 Å². The van der Waals surface area contributed by atoms with Crippen LogP contribution in [0.3, 0.4) is 0 Å². The van der Waals surface area contributed by atoms with Gasteiger partial charge in [0.2, 0.25) is 5.91 Å². The molecule has 94 valence electrons. The summed E-state index contributed by atoms with van der Waals surface area (Å²) >= 11 is 0. The molecule has 0 aliphatic rings. The fourth-order valence-electron chi connectivity index (χ4n) is 1.80. The van der Waals surface area contributed by atoms with Gasteiger partial charge in [0.15, 0.2) is 0 Å². The first-order valence-corrected chi connectivity index (χ1v) is 6.18. The van der Waals surface area contributed by atoms with Gasteiger partial charge in [-0.15, -0.1) is 0 Å². The van der Waals surface area contributed by atoms with Crippen molar-refractivity contribution in [2.75, 3.05) is 13.2 Å². The fraction of sp³-hybridized carbons (Fsp3) is 0.267. The summed E-state index contributed by atoms with van der Waals surface area (Å²) in [5.41, 5.74) is 0. The number of hydrogen-bond donors (Lipinski definition) is 1. The number of amides is 1. The van der Waals surface area contributed by atoms with Crippen molar-refractivity contribution in [3.05, 3.63) is 42.5 Å². The maximum absolute atomic E-state index is 11.1. The average Bonchev–Trinajstić information content (AvgIpc) is 2.43. The van der Waals surface area contributed by atoms with Crippen LogP contribution in [-0.2, 0) is 4.79 Å². The molecule has 0 saturated heterocycles. The lowest BCUT2D eigenvalue weighted by atomic mass is 10.1. The third kappa shape index (κ3) is 3.00. The molecule has 0 radical (unpaired) electrons. The number of benzene rings is 2. The molecule has 0 aliphatic heterocycles. The van der Waals surface area contributed by atoms with Crippen LogP contribution < -0.4 is 10.1 Å². The second-order valence-electron chi connectivity index (χ2n) is 4.03. The molecule has 1 N–H and O–H groups in total. The van der Waals surface area contributed by atoms with Gasteiger partial charge >= 0.3 is 0 Å². The molecule has 2 rings (SSSR count). The summed E-state index contributed by atoms with van der Waals surface area (Å²) in [4.78, 5) is 11.1. The van der Waals surface area contributed by atoms with Crippen molar-refractivity contribution >= 4 is 16.7 Å². The second-order valence-corrected chi connectivity index (χ2v) is 4.03. The Balaban J connectivity index is 1.97. The number of hydrogen-bond acceptors (Lipinski definition) is 2. The second kappa shape index (κ2) is 6.05. The van der Waals surface area contributed by atoms with Crippen LogP contribution in [0.25, 0.3) is 10.8 Å². The van der Waals surface area contributed by atoms with Crippen molar-refractivity contribution < 1.29 is 9.53 Å². The van der Waals surface area contributed by atoms with Gasteiger partial charge in [0.05, 0.1) is 6.54 Å². The minimum atomic E-state index is 0.0523. The van der Waals surface area contributed by atoms with Crippen LogP contribution in [0.2, 0.25) is 0 Å². The van der Waals surface area contributed by atoms with E-state index in [2.05, 4.69) is 17.4 Å². The van der Waals surface area contributed by atoms with E-state index in [0.29, 0.717) is 19.6 Å². The number of carbonyl (C=O) groups is 1. The number of fused-ring (bicyclic) bond motifs is 1. The number of nitrogens with one attached hydrogen (secondary N) is 1. The van der Waals surface area contributed by atoms with Gasteiger partial charge in [0.25, 0.3) is 0 Å². The molecule has 3 heteroatoms. The van der Waals surface area contributed by atoms with Crippen LogP contribution in [0.5, 0.6) is 5.75 Å². The first kappa shape index (κ1) is 12.4. The van der Waals surface area contributed by atoms with Gasteiger partial charge in [0.1, 0.15) is 12.4 Å². The van der Waals surface area contributed by atoms with E-state index in [9.17, 15) is 4.79 Å². The van der Waals surface area contributed by atoms with Gasteiger partial charge in [-0.3, -0.25) is 4.79 Å². The zero-order valence-electron chi connectivity index (χ0n) is 10.5. The zero-order chi connectivity index (χ0) is 12.8. The SMILES string of the molecule is CCC(=O)NCCOc1cccc2ccccc12. The van der Waals surface area contributed by atoms with Crippen molar-refractivity contribution in [1.82, 2.24) is 5.32 Å². The normalized spacial score (nSPS) is 10.3. The summed E-state index contributed by atoms with van der Waals surface area (Å²) < 4.78 is 5.70. The van der Waals surface area contributed by atoms with Crippen LogP contribution >= 0.6 is 0 Å². The van der Waals surface area contributed by atoms with Gasteiger partial charge in [-0.25, -0.2) is 0 Å². The highest BCUT2D eigenvalue weighted by molar-refractivity contribution is 5.88. The molecule has 1 amide bonds. The summed E-state index contributed by atoms with van der Waals surface area (Å²) in [6.07, 6.45) is 0.508. The van der Waals surface area contributed by atoms with Gasteiger partial charge in [0, 0.05) is 11.8 Å². The summed E-state index contributed by atoms with van der Waals surface area (Å²) in [7, 11) is 0. The first-order valence-electron chi connectivity index (χ1n) is 6.18. The van der Waals surface area contributed by atoms with E-state index in [-0.39, 0.29) is 5.91 Å². The Kier molecular flexibility index (Phi) is 4.18. The van der Waals surface area contributed by atoms with Crippen molar-refractivity contribution in [3.8, 4) is 5.75 Å². The third-order valence-corrected chi connectivity index (χ3v) is 2.75. The molecule has 2 aromatic rings. The number of rotatable bonds is 5. The Morgan fingerprint density at radius 3 is 2.78 bits per heavy atom. The lowest BCUT2D eigenvalue weighted by Crippen LogP contribution is -2.27. The Labute approximate surface area is 107 Å². The molecule has 0 aliphatic carbocycles. The molecule has 0 aromatic heterocycles. The number of ether oxygens (including phenoxy) is 1. The van der Waals surface area contributed by atoms with Crippen molar-refractivity contribution in [2.24, 2.45) is 0 Å². The Hall–Kier alpha value is -2.03. The molecule has 3 nitrogen and oxygen atoms in total. The molecule has 2 aromatic carbocycles. The van der Waals surface area contributed by atoms with Crippen LogP contribution in [0, 0.1) is 0 Å². The molecule has 0 spiro atoms. The summed E-state index contributed by atoms with van der Waals surface area (Å²) in [6, 6.07) is 14.1. The molecule has 0 saturated carbocycles. The van der Waals surface area contributed by atoms with Crippen molar-refractivity contribution in [3.63, 3.8) is 0 Å². The van der Waals surface area contributed by atoms with Crippen molar-refractivity contribution in [2.45, 2.75) is 13.3 Å². The van der Waals surface area contributed by atoms with E-state index >= 15 is 0 Å². The topological polar surface area (TPSA) is 38.3 Å². The lowest BCUT2D eigenvalue weighted by molar-refractivity contribution is -0.120. The Bertz CT molecular complexity index is 532. The Morgan fingerprint density at radius 1 is 1.17 bits per heavy atom. The smallest absolute Gasteiger partial charge is 0.219 e. The molecule has 18 heavy (non-hydrogen) atoms. The highest BCUT2D eigenvalue weighted by Crippen LogP contribution is 2.24. The molecular formula is C15H17NO2. The maximum Gasteiger partial charge on any atom is 0.219 e. The molecule has 0 atom stereocenters. The van der Waals surface area contributed by atoms with Crippen LogP contribution in [0.4, 0.5) is 0 Å². The molecule has 0 fully saturated rings. The van der Waals surface area contributed by atoms with Gasteiger partial charge in [-0.2, -0.15) is 0 Å². The van der Waals surface area contributed by atoms with E-state index in [1.165, 1.54) is 0 Å². The van der Waals surface area contributed by atoms with E-state index in [4.69, 9.17) is 4.74 Å². The van der Waals surface area contributed by atoms with Crippen LogP contribution in [-0.4, -0.2) is 19.1 Å². The quantitative estimate of drug-likeness (QED) is 0.820. The largest absolute Gasteiger partial charge is 0.491 e. The minimum absolute atomic E-state index is 0.0523. The first-order chi connectivity index (χ1) is 8.81. The third-order valence-electron chi connectivity index (χ3n) is 2.75. The molecular weight excluding hydrogens is 226 g/mol. The average molecular weight is 243 g/mol. The predicted molar refractivity (Wildman–Crippen MR) is 72.7 cm³/mol. The van der Waals surface area contributed by atoms with Gasteiger partial charge in [-0.1, -0.05) is 43.3 Å². The van der Waals surface area contributed by atoms with Crippen LogP contribution in [0.1, 0.15) is 13.3 Å². The maximum atomic E-state index is 11.1. The molecule has 0 unspecified atom stereocenters. The number of carbonyl (C=O) groups excluding carboxylic acids is 1. The summed E-state index contributed by atoms with van der Waals surface area (Å²) in [5, 5.41) is 5.05. The van der Waals surface area contributed by atoms with E-state index < -0.39 is 0 Å². The van der Waals surface area contributed by atoms with E-state index in [1.807, 2.05) is 37.3 Å². The van der Waals surface area contributed by atoms with Crippen molar-refractivity contribution in [1.29, 1.82) is 0 Å². The molecule has 0 bridgehead atoms. The van der Waals surface area contributed by atoms with Gasteiger partial charge < -0.3 is 10.1 Å². The monoisotopic (exact) mass is 243 g/mol.